The third-order valence-electron chi connectivity index (χ3n) is 2.62. The molecule has 1 heterocycles. The monoisotopic (exact) mass is 244 g/mol. The first-order chi connectivity index (χ1) is 8.70. The second-order valence-corrected chi connectivity index (χ2v) is 4.07. The Kier molecular flexibility index (Phi) is 3.74. The van der Waals surface area contributed by atoms with Crippen LogP contribution in [-0.4, -0.2) is 22.5 Å². The summed E-state index contributed by atoms with van der Waals surface area (Å²) in [7, 11) is 3.68. The first kappa shape index (κ1) is 12.3. The predicted molar refractivity (Wildman–Crippen MR) is 70.4 cm³/mol. The maximum Gasteiger partial charge on any atom is 0.273 e. The second-order valence-electron chi connectivity index (χ2n) is 4.07. The van der Waals surface area contributed by atoms with E-state index < -0.39 is 0 Å². The Bertz CT molecular complexity index is 547. The smallest absolute Gasteiger partial charge is 0.273 e. The third-order valence-corrected chi connectivity index (χ3v) is 2.62. The van der Waals surface area contributed by atoms with E-state index in [2.05, 4.69) is 15.6 Å². The minimum atomic E-state index is -0.156. The van der Waals surface area contributed by atoms with E-state index >= 15 is 0 Å². The van der Waals surface area contributed by atoms with Crippen molar-refractivity contribution in [3.63, 3.8) is 0 Å². The van der Waals surface area contributed by atoms with E-state index in [4.69, 9.17) is 0 Å². The van der Waals surface area contributed by atoms with Gasteiger partial charge in [0.25, 0.3) is 5.91 Å². The maximum atomic E-state index is 12.0. The first-order valence-corrected chi connectivity index (χ1v) is 5.72. The van der Waals surface area contributed by atoms with Crippen molar-refractivity contribution in [3.8, 4) is 0 Å². The number of nitrogens with zero attached hydrogens (tertiary/aromatic N) is 2. The Hall–Kier alpha value is -2.14. The fraction of sp³-hybridized carbons (Fsp3) is 0.231. The van der Waals surface area contributed by atoms with Gasteiger partial charge in [-0.05, 0) is 24.7 Å². The summed E-state index contributed by atoms with van der Waals surface area (Å²) in [5.74, 6) is -0.156. The van der Waals surface area contributed by atoms with Crippen LogP contribution in [-0.2, 0) is 13.6 Å². The van der Waals surface area contributed by atoms with E-state index in [1.807, 2.05) is 31.3 Å². The van der Waals surface area contributed by atoms with Crippen LogP contribution in [0.15, 0.2) is 36.8 Å². The third kappa shape index (κ3) is 2.75. The molecule has 2 aromatic rings. The van der Waals surface area contributed by atoms with Crippen molar-refractivity contribution in [1.82, 2.24) is 14.9 Å². The molecule has 0 saturated carbocycles. The molecule has 0 unspecified atom stereocenters. The van der Waals surface area contributed by atoms with Crippen molar-refractivity contribution in [2.75, 3.05) is 12.4 Å². The van der Waals surface area contributed by atoms with E-state index in [0.29, 0.717) is 5.69 Å². The lowest BCUT2D eigenvalue weighted by Gasteiger charge is -2.07. The molecule has 0 atom stereocenters. The summed E-state index contributed by atoms with van der Waals surface area (Å²) in [6.45, 7) is 0.773. The number of carbonyl (C=O) groups excluding carboxylic acids is 1. The number of benzene rings is 1. The number of nitrogens with one attached hydrogen (secondary N) is 2. The van der Waals surface area contributed by atoms with Gasteiger partial charge < -0.3 is 15.2 Å². The lowest BCUT2D eigenvalue weighted by molar-refractivity contribution is 0.101. The van der Waals surface area contributed by atoms with E-state index in [9.17, 15) is 4.79 Å². The fourth-order valence-electron chi connectivity index (χ4n) is 1.73. The van der Waals surface area contributed by atoms with Gasteiger partial charge >= 0.3 is 0 Å². The molecule has 5 nitrogen and oxygen atoms in total. The molecule has 1 amide bonds. The zero-order valence-corrected chi connectivity index (χ0v) is 10.5. The van der Waals surface area contributed by atoms with Gasteiger partial charge in [-0.25, -0.2) is 4.98 Å². The second kappa shape index (κ2) is 5.46. The first-order valence-electron chi connectivity index (χ1n) is 5.72. The van der Waals surface area contributed by atoms with Crippen LogP contribution in [0.5, 0.6) is 0 Å². The number of aromatic nitrogens is 2. The molecule has 0 bridgehead atoms. The summed E-state index contributed by atoms with van der Waals surface area (Å²) in [6, 6.07) is 7.75. The average molecular weight is 244 g/mol. The summed E-state index contributed by atoms with van der Waals surface area (Å²) in [5, 5.41) is 5.93. The van der Waals surface area contributed by atoms with Crippen LogP contribution in [0, 0.1) is 0 Å². The number of rotatable bonds is 4. The molecule has 0 fully saturated rings. The van der Waals surface area contributed by atoms with Crippen LogP contribution in [0.3, 0.4) is 0 Å². The Morgan fingerprint density at radius 1 is 1.44 bits per heavy atom. The minimum absolute atomic E-state index is 0.156. The van der Waals surface area contributed by atoms with Crippen molar-refractivity contribution >= 4 is 11.6 Å². The van der Waals surface area contributed by atoms with E-state index in [1.54, 1.807) is 24.1 Å². The summed E-state index contributed by atoms with van der Waals surface area (Å²) >= 11 is 0. The van der Waals surface area contributed by atoms with E-state index in [0.717, 1.165) is 17.8 Å². The highest BCUT2D eigenvalue weighted by Crippen LogP contribution is 2.12. The zero-order chi connectivity index (χ0) is 13.0. The fourth-order valence-corrected chi connectivity index (χ4v) is 1.73. The minimum Gasteiger partial charge on any atom is -0.330 e. The Morgan fingerprint density at radius 2 is 2.28 bits per heavy atom. The summed E-state index contributed by atoms with van der Waals surface area (Å²) in [6.07, 6.45) is 3.15. The maximum absolute atomic E-state index is 12.0. The molecular formula is C13H16N4O. The molecule has 18 heavy (non-hydrogen) atoms. The number of hydrogen-bond donors (Lipinski definition) is 2. The highest BCUT2D eigenvalue weighted by atomic mass is 16.1. The molecular weight excluding hydrogens is 228 g/mol. The number of aryl methyl sites for hydroxylation is 1. The molecule has 0 saturated heterocycles. The number of imidazole rings is 1. The van der Waals surface area contributed by atoms with Crippen LogP contribution in [0.4, 0.5) is 5.69 Å². The lowest BCUT2D eigenvalue weighted by atomic mass is 10.2. The predicted octanol–water partition coefficient (Wildman–Crippen LogP) is 1.39. The molecule has 0 spiro atoms. The van der Waals surface area contributed by atoms with Crippen molar-refractivity contribution in [2.24, 2.45) is 7.05 Å². The molecule has 0 aliphatic heterocycles. The van der Waals surface area contributed by atoms with Crippen molar-refractivity contribution in [1.29, 1.82) is 0 Å². The van der Waals surface area contributed by atoms with Crippen molar-refractivity contribution in [2.45, 2.75) is 6.54 Å². The van der Waals surface area contributed by atoms with Gasteiger partial charge in [-0.1, -0.05) is 12.1 Å². The Labute approximate surface area is 106 Å². The highest BCUT2D eigenvalue weighted by molar-refractivity contribution is 6.02. The highest BCUT2D eigenvalue weighted by Gasteiger charge is 2.09. The molecule has 0 aliphatic carbocycles. The van der Waals surface area contributed by atoms with Gasteiger partial charge in [0.05, 0.1) is 12.5 Å². The molecule has 5 heteroatoms. The number of amides is 1. The molecule has 94 valence electrons. The largest absolute Gasteiger partial charge is 0.330 e. The van der Waals surface area contributed by atoms with Crippen LogP contribution >= 0.6 is 0 Å². The quantitative estimate of drug-likeness (QED) is 0.854. The number of anilines is 1. The van der Waals surface area contributed by atoms with Gasteiger partial charge in [-0.2, -0.15) is 0 Å². The molecule has 0 radical (unpaired) electrons. The van der Waals surface area contributed by atoms with E-state index in [-0.39, 0.29) is 5.91 Å². The lowest BCUT2D eigenvalue weighted by Crippen LogP contribution is -2.15. The number of carbonyl (C=O) groups is 1. The Balaban J connectivity index is 2.12. The van der Waals surface area contributed by atoms with Crippen LogP contribution in [0.2, 0.25) is 0 Å². The van der Waals surface area contributed by atoms with Gasteiger partial charge in [-0.15, -0.1) is 0 Å². The van der Waals surface area contributed by atoms with Gasteiger partial charge in [0, 0.05) is 19.3 Å². The van der Waals surface area contributed by atoms with Crippen LogP contribution < -0.4 is 10.6 Å². The standard InChI is InChI=1S/C13H16N4O/c1-14-7-10-4-3-5-11(6-10)16-13(18)12-8-15-9-17(12)2/h3-6,8-9,14H,7H2,1-2H3,(H,16,18). The molecule has 2 N–H and O–H groups in total. The molecule has 1 aromatic carbocycles. The SMILES string of the molecule is CNCc1cccc(NC(=O)c2cncn2C)c1. The zero-order valence-electron chi connectivity index (χ0n) is 10.5. The van der Waals surface area contributed by atoms with Crippen molar-refractivity contribution < 1.29 is 4.79 Å². The van der Waals surface area contributed by atoms with Gasteiger partial charge in [-0.3, -0.25) is 4.79 Å². The van der Waals surface area contributed by atoms with E-state index in [1.165, 1.54) is 0 Å². The summed E-state index contributed by atoms with van der Waals surface area (Å²) in [5.41, 5.74) is 2.45. The van der Waals surface area contributed by atoms with Crippen LogP contribution in [0.1, 0.15) is 16.1 Å². The summed E-state index contributed by atoms with van der Waals surface area (Å²) < 4.78 is 1.69. The van der Waals surface area contributed by atoms with Gasteiger partial charge in [0.1, 0.15) is 5.69 Å². The van der Waals surface area contributed by atoms with Gasteiger partial charge in [0.15, 0.2) is 0 Å². The average Bonchev–Trinajstić information content (AvgIpc) is 2.76. The Morgan fingerprint density at radius 3 is 2.94 bits per heavy atom. The summed E-state index contributed by atoms with van der Waals surface area (Å²) in [4.78, 5) is 15.9. The molecule has 1 aromatic heterocycles. The van der Waals surface area contributed by atoms with Crippen molar-refractivity contribution in [3.05, 3.63) is 48.0 Å². The molecule has 0 aliphatic rings. The van der Waals surface area contributed by atoms with Gasteiger partial charge in [0.2, 0.25) is 0 Å². The molecule has 2 rings (SSSR count). The number of hydrogen-bond acceptors (Lipinski definition) is 3. The topological polar surface area (TPSA) is 58.9 Å². The van der Waals surface area contributed by atoms with Crippen LogP contribution in [0.25, 0.3) is 0 Å². The normalized spacial score (nSPS) is 10.3.